The standard InChI is InChI=1S/C15H13NO2S/c1-19-14-9-7-12(8-10-14)5-3-2-4-6-13(11-16)15(17)18/h2-10H,1H3,(H,17,18)/b4-2+,5-3+,13-6+. The number of thioether (sulfide) groups is 1. The van der Waals surface area contributed by atoms with Crippen molar-refractivity contribution in [3.05, 3.63) is 59.7 Å². The van der Waals surface area contributed by atoms with Crippen molar-refractivity contribution in [1.29, 1.82) is 5.26 Å². The minimum Gasteiger partial charge on any atom is -0.477 e. The van der Waals surface area contributed by atoms with Gasteiger partial charge in [-0.25, -0.2) is 4.79 Å². The smallest absolute Gasteiger partial charge is 0.346 e. The van der Waals surface area contributed by atoms with Gasteiger partial charge in [0.1, 0.15) is 11.6 Å². The van der Waals surface area contributed by atoms with Gasteiger partial charge in [-0.3, -0.25) is 0 Å². The Labute approximate surface area is 116 Å². The number of benzene rings is 1. The predicted molar refractivity (Wildman–Crippen MR) is 77.7 cm³/mol. The van der Waals surface area contributed by atoms with Crippen LogP contribution in [0.25, 0.3) is 6.08 Å². The third-order valence-electron chi connectivity index (χ3n) is 2.24. The van der Waals surface area contributed by atoms with Crippen LogP contribution in [0.3, 0.4) is 0 Å². The molecule has 0 unspecified atom stereocenters. The van der Waals surface area contributed by atoms with Crippen LogP contribution in [-0.2, 0) is 4.79 Å². The maximum Gasteiger partial charge on any atom is 0.346 e. The second-order valence-corrected chi connectivity index (χ2v) is 4.39. The van der Waals surface area contributed by atoms with Gasteiger partial charge in [-0.15, -0.1) is 11.8 Å². The van der Waals surface area contributed by atoms with Gasteiger partial charge in [-0.2, -0.15) is 5.26 Å². The summed E-state index contributed by atoms with van der Waals surface area (Å²) in [7, 11) is 0. The zero-order valence-electron chi connectivity index (χ0n) is 10.4. The Kier molecular flexibility index (Phi) is 6.20. The molecular weight excluding hydrogens is 258 g/mol. The lowest BCUT2D eigenvalue weighted by Gasteiger charge is -1.95. The van der Waals surface area contributed by atoms with Gasteiger partial charge in [0.15, 0.2) is 0 Å². The van der Waals surface area contributed by atoms with E-state index in [0.717, 1.165) is 5.56 Å². The van der Waals surface area contributed by atoms with E-state index in [-0.39, 0.29) is 5.57 Å². The molecular formula is C15H13NO2S. The van der Waals surface area contributed by atoms with E-state index >= 15 is 0 Å². The number of hydrogen-bond acceptors (Lipinski definition) is 3. The first-order valence-corrected chi connectivity index (χ1v) is 6.72. The second-order valence-electron chi connectivity index (χ2n) is 3.51. The summed E-state index contributed by atoms with van der Waals surface area (Å²) in [5.74, 6) is -1.22. The van der Waals surface area contributed by atoms with Gasteiger partial charge in [-0.1, -0.05) is 36.4 Å². The average Bonchev–Trinajstić information content (AvgIpc) is 2.43. The molecule has 4 heteroatoms. The molecule has 0 aliphatic heterocycles. The van der Waals surface area contributed by atoms with E-state index in [1.165, 1.54) is 17.0 Å². The third-order valence-corrected chi connectivity index (χ3v) is 2.98. The van der Waals surface area contributed by atoms with Crippen LogP contribution in [0.4, 0.5) is 0 Å². The molecule has 0 heterocycles. The van der Waals surface area contributed by atoms with Crippen LogP contribution in [0.2, 0.25) is 0 Å². The molecule has 0 atom stereocenters. The Bertz CT molecular complexity index is 563. The van der Waals surface area contributed by atoms with Crippen LogP contribution < -0.4 is 0 Å². The normalized spacial score (nSPS) is 11.9. The molecule has 1 aromatic rings. The highest BCUT2D eigenvalue weighted by Gasteiger charge is 2.01. The summed E-state index contributed by atoms with van der Waals surface area (Å²) in [5, 5.41) is 17.1. The molecule has 1 aromatic carbocycles. The lowest BCUT2D eigenvalue weighted by molar-refractivity contribution is -0.132. The van der Waals surface area contributed by atoms with Crippen LogP contribution >= 0.6 is 11.8 Å². The molecule has 96 valence electrons. The first-order chi connectivity index (χ1) is 9.17. The predicted octanol–water partition coefficient (Wildman–Crippen LogP) is 3.51. The SMILES string of the molecule is CSc1ccc(/C=C/C=C/C=C(\C#N)C(=O)O)cc1. The van der Waals surface area contributed by atoms with E-state index < -0.39 is 5.97 Å². The minimum atomic E-state index is -1.22. The molecule has 0 radical (unpaired) electrons. The minimum absolute atomic E-state index is 0.283. The number of carboxylic acids is 1. The van der Waals surface area contributed by atoms with Gasteiger partial charge < -0.3 is 5.11 Å². The molecule has 0 aromatic heterocycles. The molecule has 0 spiro atoms. The van der Waals surface area contributed by atoms with Gasteiger partial charge in [-0.05, 0) is 30.0 Å². The molecule has 0 fully saturated rings. The van der Waals surface area contributed by atoms with E-state index in [4.69, 9.17) is 10.4 Å². The molecule has 0 bridgehead atoms. The van der Waals surface area contributed by atoms with Crippen LogP contribution in [0.15, 0.2) is 59.0 Å². The van der Waals surface area contributed by atoms with E-state index in [0.29, 0.717) is 0 Å². The van der Waals surface area contributed by atoms with E-state index in [2.05, 4.69) is 0 Å². The van der Waals surface area contributed by atoms with Crippen molar-refractivity contribution in [2.75, 3.05) is 6.26 Å². The summed E-state index contributed by atoms with van der Waals surface area (Å²) < 4.78 is 0. The second kappa shape index (κ2) is 7.96. The first kappa shape index (κ1) is 14.8. The van der Waals surface area contributed by atoms with Crippen LogP contribution in [-0.4, -0.2) is 17.3 Å². The van der Waals surface area contributed by atoms with Crippen molar-refractivity contribution in [2.24, 2.45) is 0 Å². The summed E-state index contributed by atoms with van der Waals surface area (Å²) in [4.78, 5) is 11.7. The molecule has 0 saturated carbocycles. The largest absolute Gasteiger partial charge is 0.477 e. The Morgan fingerprint density at radius 1 is 1.26 bits per heavy atom. The molecule has 0 saturated heterocycles. The summed E-state index contributed by atoms with van der Waals surface area (Å²) in [6.07, 6.45) is 10.2. The number of nitriles is 1. The highest BCUT2D eigenvalue weighted by molar-refractivity contribution is 7.98. The van der Waals surface area contributed by atoms with Crippen molar-refractivity contribution in [3.63, 3.8) is 0 Å². The van der Waals surface area contributed by atoms with Gasteiger partial charge in [0.2, 0.25) is 0 Å². The summed E-state index contributed by atoms with van der Waals surface area (Å²) in [5.41, 5.74) is 0.777. The maximum absolute atomic E-state index is 10.5. The lowest BCUT2D eigenvalue weighted by atomic mass is 10.2. The number of carboxylic acid groups (broad SMARTS) is 1. The highest BCUT2D eigenvalue weighted by atomic mass is 32.2. The van der Waals surface area contributed by atoms with Gasteiger partial charge in [0.05, 0.1) is 0 Å². The third kappa shape index (κ3) is 5.28. The molecule has 0 amide bonds. The molecule has 1 rings (SSSR count). The zero-order valence-corrected chi connectivity index (χ0v) is 11.2. The van der Waals surface area contributed by atoms with Crippen molar-refractivity contribution in [2.45, 2.75) is 4.90 Å². The molecule has 0 aliphatic rings. The molecule has 1 N–H and O–H groups in total. The molecule has 3 nitrogen and oxygen atoms in total. The van der Waals surface area contributed by atoms with Gasteiger partial charge in [0, 0.05) is 4.90 Å². The summed E-state index contributed by atoms with van der Waals surface area (Å²) in [6.45, 7) is 0. The Morgan fingerprint density at radius 2 is 1.95 bits per heavy atom. The quantitative estimate of drug-likeness (QED) is 0.385. The van der Waals surface area contributed by atoms with Crippen LogP contribution in [0.5, 0.6) is 0 Å². The highest BCUT2D eigenvalue weighted by Crippen LogP contribution is 2.15. The fraction of sp³-hybridized carbons (Fsp3) is 0.0667. The summed E-state index contributed by atoms with van der Waals surface area (Å²) in [6, 6.07) is 9.68. The Hall–Kier alpha value is -2.25. The van der Waals surface area contributed by atoms with Crippen molar-refractivity contribution >= 4 is 23.8 Å². The average molecular weight is 271 g/mol. The van der Waals surface area contributed by atoms with E-state index in [1.807, 2.05) is 36.6 Å². The Morgan fingerprint density at radius 3 is 2.47 bits per heavy atom. The lowest BCUT2D eigenvalue weighted by Crippen LogP contribution is -1.96. The zero-order chi connectivity index (χ0) is 14.1. The number of hydrogen-bond donors (Lipinski definition) is 1. The molecule has 0 aliphatic carbocycles. The van der Waals surface area contributed by atoms with Gasteiger partial charge >= 0.3 is 5.97 Å². The number of carbonyl (C=O) groups is 1. The number of rotatable bonds is 5. The molecule has 19 heavy (non-hydrogen) atoms. The van der Waals surface area contributed by atoms with Crippen molar-refractivity contribution in [1.82, 2.24) is 0 Å². The van der Waals surface area contributed by atoms with E-state index in [1.54, 1.807) is 30.0 Å². The topological polar surface area (TPSA) is 61.1 Å². The number of allylic oxidation sites excluding steroid dienone is 4. The van der Waals surface area contributed by atoms with Crippen molar-refractivity contribution < 1.29 is 9.90 Å². The fourth-order valence-electron chi connectivity index (χ4n) is 1.25. The van der Waals surface area contributed by atoms with Crippen LogP contribution in [0, 0.1) is 11.3 Å². The van der Waals surface area contributed by atoms with Gasteiger partial charge in [0.25, 0.3) is 0 Å². The summed E-state index contributed by atoms with van der Waals surface area (Å²) >= 11 is 1.69. The number of nitrogens with zero attached hydrogens (tertiary/aromatic N) is 1. The first-order valence-electron chi connectivity index (χ1n) is 5.50. The van der Waals surface area contributed by atoms with Crippen molar-refractivity contribution in [3.8, 4) is 6.07 Å². The van der Waals surface area contributed by atoms with Crippen LogP contribution in [0.1, 0.15) is 5.56 Å². The van der Waals surface area contributed by atoms with E-state index in [9.17, 15) is 4.79 Å². The monoisotopic (exact) mass is 271 g/mol. The maximum atomic E-state index is 10.5. The number of aliphatic carboxylic acids is 1. The fourth-order valence-corrected chi connectivity index (χ4v) is 1.66. The Balaban J connectivity index is 2.63.